The first-order valence-corrected chi connectivity index (χ1v) is 7.76. The minimum Gasteiger partial charge on any atom is -0.491 e. The normalized spacial score (nSPS) is 10.4. The molecule has 0 radical (unpaired) electrons. The Bertz CT molecular complexity index is 694. The first kappa shape index (κ1) is 16.8. The van der Waals surface area contributed by atoms with E-state index in [2.05, 4.69) is 21.2 Å². The van der Waals surface area contributed by atoms with Crippen LogP contribution in [0.15, 0.2) is 40.9 Å². The molecule has 0 unspecified atom stereocenters. The van der Waals surface area contributed by atoms with Gasteiger partial charge in [0, 0.05) is 10.2 Å². The fraction of sp³-hybridized carbons (Fsp3) is 0.188. The number of anilines is 1. The lowest BCUT2D eigenvalue weighted by Crippen LogP contribution is -2.16. The van der Waals surface area contributed by atoms with Crippen LogP contribution in [-0.2, 0) is 4.79 Å². The Morgan fingerprint density at radius 2 is 2.09 bits per heavy atom. The second kappa shape index (κ2) is 7.61. The van der Waals surface area contributed by atoms with Gasteiger partial charge in [-0.25, -0.2) is 4.39 Å². The van der Waals surface area contributed by atoms with Gasteiger partial charge in [0.05, 0.1) is 18.1 Å². The maximum Gasteiger partial charge on any atom is 0.227 e. The monoisotopic (exact) mass is 385 g/mol. The SMILES string of the molecule is Cc1ccc(Br)cc1NC(=O)CCOc1ccc(F)cc1Cl. The summed E-state index contributed by atoms with van der Waals surface area (Å²) in [6.45, 7) is 2.07. The van der Waals surface area contributed by atoms with Gasteiger partial charge in [0.2, 0.25) is 5.91 Å². The highest BCUT2D eigenvalue weighted by Crippen LogP contribution is 2.25. The van der Waals surface area contributed by atoms with Gasteiger partial charge in [0.25, 0.3) is 0 Å². The molecule has 0 saturated carbocycles. The van der Waals surface area contributed by atoms with Crippen LogP contribution in [0.2, 0.25) is 5.02 Å². The molecule has 0 saturated heterocycles. The van der Waals surface area contributed by atoms with Gasteiger partial charge in [0.1, 0.15) is 11.6 Å². The van der Waals surface area contributed by atoms with Crippen molar-refractivity contribution in [3.05, 3.63) is 57.3 Å². The third-order valence-electron chi connectivity index (χ3n) is 2.95. The van der Waals surface area contributed by atoms with Crippen molar-refractivity contribution in [2.45, 2.75) is 13.3 Å². The molecule has 0 aliphatic carbocycles. The third kappa shape index (κ3) is 4.71. The number of amides is 1. The van der Waals surface area contributed by atoms with Gasteiger partial charge in [-0.05, 0) is 42.8 Å². The maximum atomic E-state index is 12.9. The Labute approximate surface area is 141 Å². The molecule has 2 aromatic carbocycles. The van der Waals surface area contributed by atoms with Gasteiger partial charge in [-0.3, -0.25) is 4.79 Å². The standard InChI is InChI=1S/C16H14BrClFNO2/c1-10-2-3-11(17)8-14(10)20-16(21)6-7-22-15-5-4-12(19)9-13(15)18/h2-5,8-9H,6-7H2,1H3,(H,20,21). The van der Waals surface area contributed by atoms with E-state index in [0.29, 0.717) is 5.75 Å². The van der Waals surface area contributed by atoms with Crippen molar-refractivity contribution in [2.75, 3.05) is 11.9 Å². The van der Waals surface area contributed by atoms with Crippen LogP contribution in [0.3, 0.4) is 0 Å². The zero-order chi connectivity index (χ0) is 16.1. The number of hydrogen-bond donors (Lipinski definition) is 1. The van der Waals surface area contributed by atoms with E-state index >= 15 is 0 Å². The molecule has 1 N–H and O–H groups in total. The minimum absolute atomic E-state index is 0.157. The van der Waals surface area contributed by atoms with Crippen molar-refractivity contribution in [3.8, 4) is 5.75 Å². The highest BCUT2D eigenvalue weighted by Gasteiger charge is 2.07. The maximum absolute atomic E-state index is 12.9. The van der Waals surface area contributed by atoms with Crippen LogP contribution in [0.1, 0.15) is 12.0 Å². The van der Waals surface area contributed by atoms with Gasteiger partial charge in [-0.2, -0.15) is 0 Å². The summed E-state index contributed by atoms with van der Waals surface area (Å²) < 4.78 is 19.2. The van der Waals surface area contributed by atoms with Crippen LogP contribution in [0.25, 0.3) is 0 Å². The summed E-state index contributed by atoms with van der Waals surface area (Å²) in [5.41, 5.74) is 1.72. The lowest BCUT2D eigenvalue weighted by molar-refractivity contribution is -0.116. The van der Waals surface area contributed by atoms with Crippen LogP contribution in [-0.4, -0.2) is 12.5 Å². The first-order chi connectivity index (χ1) is 10.5. The molecule has 0 aliphatic rings. The molecule has 1 amide bonds. The number of carbonyl (C=O) groups excluding carboxylic acids is 1. The Balaban J connectivity index is 1.86. The summed E-state index contributed by atoms with van der Waals surface area (Å²) >= 11 is 9.20. The molecule has 0 atom stereocenters. The molecule has 0 aromatic heterocycles. The number of halogens is 3. The van der Waals surface area contributed by atoms with Crippen LogP contribution in [0, 0.1) is 12.7 Å². The Morgan fingerprint density at radius 1 is 1.32 bits per heavy atom. The van der Waals surface area contributed by atoms with Crippen LogP contribution in [0.4, 0.5) is 10.1 Å². The lowest BCUT2D eigenvalue weighted by atomic mass is 10.2. The summed E-state index contributed by atoms with van der Waals surface area (Å²) in [4.78, 5) is 11.9. The van der Waals surface area contributed by atoms with E-state index in [-0.39, 0.29) is 24.0 Å². The van der Waals surface area contributed by atoms with Gasteiger partial charge in [0.15, 0.2) is 0 Å². The third-order valence-corrected chi connectivity index (χ3v) is 3.74. The number of hydrogen-bond acceptors (Lipinski definition) is 2. The summed E-state index contributed by atoms with van der Waals surface area (Å²) in [5, 5.41) is 3.00. The summed E-state index contributed by atoms with van der Waals surface area (Å²) in [5.74, 6) is -0.242. The van der Waals surface area contributed by atoms with Gasteiger partial charge >= 0.3 is 0 Å². The predicted molar refractivity (Wildman–Crippen MR) is 89.0 cm³/mol. The molecular weight excluding hydrogens is 373 g/mol. The van der Waals surface area contributed by atoms with Crippen LogP contribution < -0.4 is 10.1 Å². The van der Waals surface area contributed by atoms with Crippen LogP contribution in [0.5, 0.6) is 5.75 Å². The molecule has 116 valence electrons. The predicted octanol–water partition coefficient (Wildman–Crippen LogP) is 4.96. The van der Waals surface area contributed by atoms with Crippen molar-refractivity contribution in [3.63, 3.8) is 0 Å². The lowest BCUT2D eigenvalue weighted by Gasteiger charge is -2.10. The number of ether oxygens (including phenoxy) is 1. The molecule has 6 heteroatoms. The largest absolute Gasteiger partial charge is 0.491 e. The highest BCUT2D eigenvalue weighted by molar-refractivity contribution is 9.10. The summed E-state index contributed by atoms with van der Waals surface area (Å²) in [6, 6.07) is 9.52. The van der Waals surface area contributed by atoms with Crippen molar-refractivity contribution in [1.82, 2.24) is 0 Å². The van der Waals surface area contributed by atoms with Crippen molar-refractivity contribution in [1.29, 1.82) is 0 Å². The van der Waals surface area contributed by atoms with E-state index in [1.54, 1.807) is 0 Å². The number of aryl methyl sites for hydroxylation is 1. The van der Waals surface area contributed by atoms with Crippen molar-refractivity contribution in [2.24, 2.45) is 0 Å². The summed E-state index contributed by atoms with van der Waals surface area (Å²) in [6.07, 6.45) is 0.166. The molecule has 22 heavy (non-hydrogen) atoms. The topological polar surface area (TPSA) is 38.3 Å². The highest BCUT2D eigenvalue weighted by atomic mass is 79.9. The number of nitrogens with one attached hydrogen (secondary N) is 1. The molecular formula is C16H14BrClFNO2. The average Bonchev–Trinajstić information content (AvgIpc) is 2.45. The number of benzene rings is 2. The van der Waals surface area contributed by atoms with Crippen molar-refractivity contribution < 1.29 is 13.9 Å². The minimum atomic E-state index is -0.430. The molecule has 0 spiro atoms. The smallest absolute Gasteiger partial charge is 0.227 e. The van der Waals surface area contributed by atoms with Crippen LogP contribution >= 0.6 is 27.5 Å². The Morgan fingerprint density at radius 3 is 2.82 bits per heavy atom. The van der Waals surface area contributed by atoms with Gasteiger partial charge in [-0.15, -0.1) is 0 Å². The quantitative estimate of drug-likeness (QED) is 0.789. The number of rotatable bonds is 5. The van der Waals surface area contributed by atoms with Crippen molar-refractivity contribution >= 4 is 39.1 Å². The molecule has 0 bridgehead atoms. The number of carbonyl (C=O) groups is 1. The Kier molecular flexibility index (Phi) is 5.80. The average molecular weight is 387 g/mol. The molecule has 3 nitrogen and oxygen atoms in total. The van der Waals surface area contributed by atoms with Gasteiger partial charge < -0.3 is 10.1 Å². The van der Waals surface area contributed by atoms with E-state index in [9.17, 15) is 9.18 Å². The second-order valence-electron chi connectivity index (χ2n) is 4.68. The fourth-order valence-electron chi connectivity index (χ4n) is 1.79. The van der Waals surface area contributed by atoms with E-state index < -0.39 is 5.82 Å². The Hall–Kier alpha value is -1.59. The van der Waals surface area contributed by atoms with Gasteiger partial charge in [-0.1, -0.05) is 33.6 Å². The fourth-order valence-corrected chi connectivity index (χ4v) is 2.37. The first-order valence-electron chi connectivity index (χ1n) is 6.59. The van der Waals surface area contributed by atoms with E-state index in [1.807, 2.05) is 25.1 Å². The molecule has 2 rings (SSSR count). The van der Waals surface area contributed by atoms with E-state index in [0.717, 1.165) is 15.7 Å². The van der Waals surface area contributed by atoms with E-state index in [1.165, 1.54) is 18.2 Å². The second-order valence-corrected chi connectivity index (χ2v) is 6.00. The summed E-state index contributed by atoms with van der Waals surface area (Å²) in [7, 11) is 0. The molecule has 0 aliphatic heterocycles. The molecule has 2 aromatic rings. The molecule has 0 fully saturated rings. The van der Waals surface area contributed by atoms with E-state index in [4.69, 9.17) is 16.3 Å². The zero-order valence-electron chi connectivity index (χ0n) is 11.8. The zero-order valence-corrected chi connectivity index (χ0v) is 14.2. The molecule has 0 heterocycles.